The Morgan fingerprint density at radius 1 is 1.29 bits per heavy atom. The maximum absolute atomic E-state index is 13.6. The smallest absolute Gasteiger partial charge is 0.433 e. The molecule has 0 spiro atoms. The molecule has 1 fully saturated rings. The van der Waals surface area contributed by atoms with Gasteiger partial charge >= 0.3 is 6.18 Å². The van der Waals surface area contributed by atoms with Crippen LogP contribution in [-0.4, -0.2) is 47.6 Å². The molecule has 35 heavy (non-hydrogen) atoms. The van der Waals surface area contributed by atoms with Gasteiger partial charge in [-0.15, -0.1) is 0 Å². The first kappa shape index (κ1) is 24.8. The lowest BCUT2D eigenvalue weighted by atomic mass is 10.1. The molecule has 1 saturated heterocycles. The van der Waals surface area contributed by atoms with Crippen LogP contribution in [0.15, 0.2) is 40.9 Å². The normalized spacial score (nSPS) is 17.8. The molecule has 4 rings (SSSR count). The molecule has 1 N–H and O–H groups in total. The molecule has 0 radical (unpaired) electrons. The highest BCUT2D eigenvalue weighted by atomic mass is 19.4. The predicted octanol–water partition coefficient (Wildman–Crippen LogP) is 5.10. The number of hydrogen-bond donors (Lipinski definition) is 1. The third-order valence-corrected chi connectivity index (χ3v) is 5.73. The van der Waals surface area contributed by atoms with Crippen molar-refractivity contribution in [2.75, 3.05) is 13.1 Å². The molecule has 188 valence electrons. The zero-order chi connectivity index (χ0) is 25.3. The van der Waals surface area contributed by atoms with Gasteiger partial charge in [-0.25, -0.2) is 13.2 Å². The van der Waals surface area contributed by atoms with Crippen molar-refractivity contribution in [3.05, 3.63) is 59.1 Å². The number of fused-ring (bicyclic) bond motifs is 1. The van der Waals surface area contributed by atoms with E-state index in [0.717, 1.165) is 11.1 Å². The number of amides is 1. The third kappa shape index (κ3) is 5.37. The number of likely N-dealkylation sites (tertiary alicyclic amines) is 1. The molecule has 3 aromatic rings. The first-order valence-electron chi connectivity index (χ1n) is 10.7. The Bertz CT molecular complexity index is 1210. The summed E-state index contributed by atoms with van der Waals surface area (Å²) in [5.74, 6) is -0.0510. The number of nitrogens with zero attached hydrogens (tertiary/aromatic N) is 2. The zero-order valence-electron chi connectivity index (χ0n) is 18.4. The van der Waals surface area contributed by atoms with E-state index < -0.39 is 43.1 Å². The molecule has 1 aliphatic heterocycles. The van der Waals surface area contributed by atoms with E-state index in [1.807, 2.05) is 0 Å². The fourth-order valence-corrected chi connectivity index (χ4v) is 4.09. The van der Waals surface area contributed by atoms with Crippen molar-refractivity contribution in [2.45, 2.75) is 44.9 Å². The quantitative estimate of drug-likeness (QED) is 0.361. The largest absolute Gasteiger partial charge is 0.489 e. The Morgan fingerprint density at radius 3 is 2.77 bits per heavy atom. The summed E-state index contributed by atoms with van der Waals surface area (Å²) in [7, 11) is 0. The number of halogens is 6. The number of nitrogens with one attached hydrogen (secondary N) is 1. The van der Waals surface area contributed by atoms with Crippen molar-refractivity contribution in [3.8, 4) is 5.75 Å². The second-order valence-corrected chi connectivity index (χ2v) is 8.15. The molecule has 2 atom stereocenters. The van der Waals surface area contributed by atoms with E-state index in [0.29, 0.717) is 17.4 Å². The van der Waals surface area contributed by atoms with E-state index in [1.54, 1.807) is 6.92 Å². The molecule has 1 aliphatic rings. The number of carbonyl (C=O) groups excluding carboxylic acids is 1. The molecule has 2 unspecified atom stereocenters. The minimum absolute atomic E-state index is 0.0624. The van der Waals surface area contributed by atoms with Gasteiger partial charge in [-0.1, -0.05) is 6.07 Å². The standard InChI is InChI=1S/C23H21F6N3O3/c1-12-18(22(33)31-14-6-8-32(10-14)21(26)20(24)25)16-9-15(4-5-17(16)35-12)34-11-13-3-2-7-30-19(13)23(27,28)29/h2-5,7,9,14,20-21H,6,8,10-11H2,1H3,(H,31,33). The van der Waals surface area contributed by atoms with Crippen molar-refractivity contribution in [3.63, 3.8) is 0 Å². The highest BCUT2D eigenvalue weighted by molar-refractivity contribution is 6.07. The fraction of sp³-hybridized carbons (Fsp3) is 0.391. The van der Waals surface area contributed by atoms with Crippen molar-refractivity contribution in [2.24, 2.45) is 0 Å². The highest BCUT2D eigenvalue weighted by Crippen LogP contribution is 2.32. The summed E-state index contributed by atoms with van der Waals surface area (Å²) in [4.78, 5) is 17.3. The van der Waals surface area contributed by atoms with Crippen molar-refractivity contribution < 1.29 is 40.3 Å². The summed E-state index contributed by atoms with van der Waals surface area (Å²) in [5.41, 5.74) is -0.672. The first-order valence-corrected chi connectivity index (χ1v) is 10.7. The Balaban J connectivity index is 1.50. The summed E-state index contributed by atoms with van der Waals surface area (Å²) < 4.78 is 89.5. The van der Waals surface area contributed by atoms with Crippen LogP contribution >= 0.6 is 0 Å². The lowest BCUT2D eigenvalue weighted by Crippen LogP contribution is -2.40. The van der Waals surface area contributed by atoms with Crippen LogP contribution in [0.2, 0.25) is 0 Å². The monoisotopic (exact) mass is 501 g/mol. The summed E-state index contributed by atoms with van der Waals surface area (Å²) in [6.07, 6.45) is -8.83. The summed E-state index contributed by atoms with van der Waals surface area (Å²) in [5, 5.41) is 3.08. The molecule has 6 nitrogen and oxygen atoms in total. The number of carbonyl (C=O) groups is 1. The summed E-state index contributed by atoms with van der Waals surface area (Å²) in [6, 6.07) is 6.59. The Kier molecular flexibility index (Phi) is 6.93. The van der Waals surface area contributed by atoms with Crippen LogP contribution < -0.4 is 10.1 Å². The first-order chi connectivity index (χ1) is 16.5. The summed E-state index contributed by atoms with van der Waals surface area (Å²) in [6.45, 7) is 1.18. The van der Waals surface area contributed by atoms with Crippen LogP contribution in [0.3, 0.4) is 0 Å². The van der Waals surface area contributed by atoms with Crippen LogP contribution in [0.25, 0.3) is 11.0 Å². The molecule has 0 aliphatic carbocycles. The number of aromatic nitrogens is 1. The fourth-order valence-electron chi connectivity index (χ4n) is 4.09. The van der Waals surface area contributed by atoms with Gasteiger partial charge in [0.05, 0.1) is 5.56 Å². The van der Waals surface area contributed by atoms with Crippen molar-refractivity contribution in [1.82, 2.24) is 15.2 Å². The Morgan fingerprint density at radius 2 is 2.06 bits per heavy atom. The van der Waals surface area contributed by atoms with Gasteiger partial charge in [0.25, 0.3) is 12.3 Å². The minimum atomic E-state index is -4.63. The molecule has 1 aromatic carbocycles. The highest BCUT2D eigenvalue weighted by Gasteiger charge is 2.36. The van der Waals surface area contributed by atoms with Crippen LogP contribution in [0, 0.1) is 6.92 Å². The zero-order valence-corrected chi connectivity index (χ0v) is 18.4. The van der Waals surface area contributed by atoms with Crippen LogP contribution in [0.5, 0.6) is 5.75 Å². The van der Waals surface area contributed by atoms with E-state index in [-0.39, 0.29) is 35.7 Å². The predicted molar refractivity (Wildman–Crippen MR) is 113 cm³/mol. The Labute approximate surface area is 195 Å². The van der Waals surface area contributed by atoms with Crippen molar-refractivity contribution >= 4 is 16.9 Å². The SMILES string of the molecule is Cc1oc2ccc(OCc3cccnc3C(F)(F)F)cc2c1C(=O)NC1CCN(C(F)C(F)F)C1. The number of hydrogen-bond acceptors (Lipinski definition) is 5. The van der Waals surface area contributed by atoms with Gasteiger partial charge in [-0.2, -0.15) is 13.2 Å². The van der Waals surface area contributed by atoms with Gasteiger partial charge in [0.15, 0.2) is 5.69 Å². The molecular formula is C23H21F6N3O3. The van der Waals surface area contributed by atoms with E-state index in [9.17, 15) is 31.1 Å². The van der Waals surface area contributed by atoms with E-state index in [2.05, 4.69) is 10.3 Å². The van der Waals surface area contributed by atoms with Gasteiger partial charge in [0.2, 0.25) is 6.30 Å². The van der Waals surface area contributed by atoms with Gasteiger partial charge in [0.1, 0.15) is 23.7 Å². The van der Waals surface area contributed by atoms with Crippen LogP contribution in [0.4, 0.5) is 26.3 Å². The maximum atomic E-state index is 13.6. The van der Waals surface area contributed by atoms with E-state index in [4.69, 9.17) is 9.15 Å². The van der Waals surface area contributed by atoms with Crippen LogP contribution in [-0.2, 0) is 12.8 Å². The Hall–Kier alpha value is -3.28. The second-order valence-electron chi connectivity index (χ2n) is 8.15. The van der Waals surface area contributed by atoms with Gasteiger partial charge < -0.3 is 14.5 Å². The number of ether oxygens (including phenoxy) is 1. The van der Waals surface area contributed by atoms with Gasteiger partial charge in [-0.05, 0) is 37.6 Å². The topological polar surface area (TPSA) is 67.6 Å². The molecule has 0 bridgehead atoms. The lowest BCUT2D eigenvalue weighted by Gasteiger charge is -2.20. The van der Waals surface area contributed by atoms with E-state index in [1.165, 1.54) is 30.3 Å². The van der Waals surface area contributed by atoms with Gasteiger partial charge in [0, 0.05) is 36.3 Å². The third-order valence-electron chi connectivity index (χ3n) is 5.73. The number of pyridine rings is 1. The molecule has 3 heterocycles. The number of alkyl halides is 6. The second kappa shape index (κ2) is 9.76. The van der Waals surface area contributed by atoms with E-state index >= 15 is 0 Å². The number of furan rings is 1. The summed E-state index contributed by atoms with van der Waals surface area (Å²) >= 11 is 0. The molecular weight excluding hydrogens is 480 g/mol. The number of aryl methyl sites for hydroxylation is 1. The lowest BCUT2D eigenvalue weighted by molar-refractivity contribution is -0.142. The molecule has 2 aromatic heterocycles. The molecule has 1 amide bonds. The average Bonchev–Trinajstić information content (AvgIpc) is 3.39. The maximum Gasteiger partial charge on any atom is 0.433 e. The number of rotatable bonds is 7. The van der Waals surface area contributed by atoms with Gasteiger partial charge in [-0.3, -0.25) is 14.7 Å². The molecule has 12 heteroatoms. The minimum Gasteiger partial charge on any atom is -0.489 e. The number of benzene rings is 1. The van der Waals surface area contributed by atoms with Crippen LogP contribution in [0.1, 0.15) is 33.8 Å². The average molecular weight is 501 g/mol. The van der Waals surface area contributed by atoms with Crippen molar-refractivity contribution in [1.29, 1.82) is 0 Å². The molecule has 0 saturated carbocycles.